The number of nitrogens with one attached hydrogen (secondary N) is 3. The highest BCUT2D eigenvalue weighted by Gasteiger charge is 2.28. The van der Waals surface area contributed by atoms with E-state index in [2.05, 4.69) is 15.4 Å². The van der Waals surface area contributed by atoms with Crippen LogP contribution in [0.2, 0.25) is 0 Å². The zero-order chi connectivity index (χ0) is 19.6. The third-order valence-electron chi connectivity index (χ3n) is 3.15. The van der Waals surface area contributed by atoms with Gasteiger partial charge in [0.25, 0.3) is 0 Å². The lowest BCUT2D eigenvalue weighted by molar-refractivity contribution is -0.143. The van der Waals surface area contributed by atoms with Gasteiger partial charge in [0.1, 0.15) is 0 Å². The van der Waals surface area contributed by atoms with Gasteiger partial charge in [0.2, 0.25) is 10.0 Å². The van der Waals surface area contributed by atoms with Crippen molar-refractivity contribution < 1.29 is 26.4 Å². The largest absolute Gasteiger partial charge is 0.401 e. The van der Waals surface area contributed by atoms with E-state index in [9.17, 15) is 26.4 Å². The topological polar surface area (TPSA) is 90.5 Å². The van der Waals surface area contributed by atoms with E-state index in [-0.39, 0.29) is 25.4 Å². The fourth-order valence-corrected chi connectivity index (χ4v) is 3.00. The molecule has 0 aliphatic heterocycles. The Labute approximate surface area is 151 Å². The molecule has 0 heterocycles. The van der Waals surface area contributed by atoms with Crippen molar-refractivity contribution in [2.75, 3.05) is 43.7 Å². The molecule has 2 amide bonds. The van der Waals surface area contributed by atoms with Gasteiger partial charge in [-0.25, -0.2) is 13.2 Å². The van der Waals surface area contributed by atoms with Crippen LogP contribution in [0.5, 0.6) is 0 Å². The Morgan fingerprint density at radius 1 is 1.12 bits per heavy atom. The number of carbonyl (C=O) groups excluding carboxylic acids is 1. The number of hydrogen-bond donors (Lipinski definition) is 3. The Morgan fingerprint density at radius 3 is 2.35 bits per heavy atom. The Balaban J connectivity index is 2.16. The lowest BCUT2D eigenvalue weighted by Gasteiger charge is -2.18. The summed E-state index contributed by atoms with van der Waals surface area (Å²) in [6, 6.07) is 7.77. The monoisotopic (exact) mass is 396 g/mol. The van der Waals surface area contributed by atoms with Crippen molar-refractivity contribution in [2.24, 2.45) is 0 Å². The minimum Gasteiger partial charge on any atom is -0.338 e. The number of hydrogen-bond acceptors (Lipinski definition) is 4. The average molecular weight is 396 g/mol. The predicted molar refractivity (Wildman–Crippen MR) is 93.4 cm³/mol. The summed E-state index contributed by atoms with van der Waals surface area (Å²) in [5, 5.41) is 4.85. The van der Waals surface area contributed by atoms with E-state index in [1.807, 2.05) is 0 Å². The summed E-state index contributed by atoms with van der Waals surface area (Å²) in [5.74, 6) is -0.302. The van der Waals surface area contributed by atoms with Gasteiger partial charge >= 0.3 is 12.2 Å². The van der Waals surface area contributed by atoms with E-state index in [0.717, 1.165) is 4.90 Å². The molecule has 0 fully saturated rings. The molecule has 1 aromatic carbocycles. The number of alkyl halides is 3. The molecule has 0 saturated heterocycles. The maximum absolute atomic E-state index is 12.1. The molecule has 148 valence electrons. The molecule has 1 aromatic rings. The van der Waals surface area contributed by atoms with Crippen LogP contribution in [-0.4, -0.2) is 64.5 Å². The van der Waals surface area contributed by atoms with Gasteiger partial charge in [-0.2, -0.15) is 13.2 Å². The molecule has 0 bridgehead atoms. The minimum atomic E-state index is -4.25. The molecule has 7 nitrogen and oxygen atoms in total. The lowest BCUT2D eigenvalue weighted by Crippen LogP contribution is -2.40. The van der Waals surface area contributed by atoms with Gasteiger partial charge in [0.05, 0.1) is 12.3 Å². The zero-order valence-corrected chi connectivity index (χ0v) is 15.2. The summed E-state index contributed by atoms with van der Waals surface area (Å²) in [6.45, 7) is -0.744. The number of halogens is 3. The third kappa shape index (κ3) is 10.8. The van der Waals surface area contributed by atoms with E-state index in [1.54, 1.807) is 30.3 Å². The molecular weight excluding hydrogens is 373 g/mol. The van der Waals surface area contributed by atoms with Crippen molar-refractivity contribution in [3.05, 3.63) is 30.3 Å². The number of sulfonamides is 1. The standard InChI is InChI=1S/C15H23F3N4O3S/c1-22(12-15(16,17)18)10-5-8-19-14(23)20-9-11-26(24,25)21-13-6-3-2-4-7-13/h2-4,6-7,21H,5,8-12H2,1H3,(H2,19,20,23). The summed E-state index contributed by atoms with van der Waals surface area (Å²) in [4.78, 5) is 12.6. The normalized spacial score (nSPS) is 12.0. The van der Waals surface area contributed by atoms with Crippen molar-refractivity contribution in [3.63, 3.8) is 0 Å². The molecular formula is C15H23F3N4O3S. The number of para-hydroxylation sites is 1. The van der Waals surface area contributed by atoms with Crippen molar-refractivity contribution in [3.8, 4) is 0 Å². The zero-order valence-electron chi connectivity index (χ0n) is 14.3. The second-order valence-electron chi connectivity index (χ2n) is 5.68. The summed E-state index contributed by atoms with van der Waals surface area (Å²) in [6.07, 6.45) is -3.91. The van der Waals surface area contributed by atoms with Gasteiger partial charge in [-0.05, 0) is 32.1 Å². The Kier molecular flexibility index (Phi) is 8.66. The van der Waals surface area contributed by atoms with Gasteiger partial charge in [0, 0.05) is 18.8 Å². The van der Waals surface area contributed by atoms with E-state index in [1.165, 1.54) is 7.05 Å². The van der Waals surface area contributed by atoms with Crippen molar-refractivity contribution in [1.82, 2.24) is 15.5 Å². The number of nitrogens with zero attached hydrogens (tertiary/aromatic N) is 1. The SMILES string of the molecule is CN(CCCNC(=O)NCCS(=O)(=O)Nc1ccccc1)CC(F)(F)F. The van der Waals surface area contributed by atoms with E-state index < -0.39 is 28.8 Å². The van der Waals surface area contributed by atoms with Crippen LogP contribution < -0.4 is 15.4 Å². The molecule has 1 rings (SSSR count). The molecule has 0 unspecified atom stereocenters. The minimum absolute atomic E-state index is 0.0953. The van der Waals surface area contributed by atoms with Crippen molar-refractivity contribution >= 4 is 21.7 Å². The van der Waals surface area contributed by atoms with Gasteiger partial charge in [-0.1, -0.05) is 18.2 Å². The van der Waals surface area contributed by atoms with E-state index >= 15 is 0 Å². The van der Waals surface area contributed by atoms with E-state index in [4.69, 9.17) is 0 Å². The molecule has 26 heavy (non-hydrogen) atoms. The number of urea groups is 1. The quantitative estimate of drug-likeness (QED) is 0.524. The molecule has 0 saturated carbocycles. The maximum atomic E-state index is 12.1. The van der Waals surface area contributed by atoms with Crippen LogP contribution in [0.15, 0.2) is 30.3 Å². The smallest absolute Gasteiger partial charge is 0.338 e. The van der Waals surface area contributed by atoms with Gasteiger partial charge < -0.3 is 10.6 Å². The van der Waals surface area contributed by atoms with Crippen LogP contribution in [0, 0.1) is 0 Å². The van der Waals surface area contributed by atoms with E-state index in [0.29, 0.717) is 12.1 Å². The molecule has 0 atom stereocenters. The molecule has 0 aromatic heterocycles. The number of amides is 2. The number of anilines is 1. The summed E-state index contributed by atoms with van der Waals surface area (Å²) in [7, 11) is -2.24. The molecule has 0 aliphatic carbocycles. The Hall–Kier alpha value is -2.01. The van der Waals surface area contributed by atoms with Gasteiger partial charge in [0.15, 0.2) is 0 Å². The summed E-state index contributed by atoms with van der Waals surface area (Å²) < 4.78 is 62.5. The average Bonchev–Trinajstić information content (AvgIpc) is 2.50. The fourth-order valence-electron chi connectivity index (χ4n) is 2.03. The van der Waals surface area contributed by atoms with Crippen molar-refractivity contribution in [2.45, 2.75) is 12.6 Å². The molecule has 0 radical (unpaired) electrons. The highest BCUT2D eigenvalue weighted by molar-refractivity contribution is 7.92. The first-order valence-electron chi connectivity index (χ1n) is 7.90. The molecule has 0 spiro atoms. The van der Waals surface area contributed by atoms with Crippen LogP contribution in [0.25, 0.3) is 0 Å². The highest BCUT2D eigenvalue weighted by Crippen LogP contribution is 2.15. The van der Waals surface area contributed by atoms with Crippen molar-refractivity contribution in [1.29, 1.82) is 0 Å². The van der Waals surface area contributed by atoms with Crippen LogP contribution in [0.1, 0.15) is 6.42 Å². The van der Waals surface area contributed by atoms with Crippen LogP contribution in [0.4, 0.5) is 23.7 Å². The fraction of sp³-hybridized carbons (Fsp3) is 0.533. The maximum Gasteiger partial charge on any atom is 0.401 e. The molecule has 11 heteroatoms. The Morgan fingerprint density at radius 2 is 1.73 bits per heavy atom. The summed E-state index contributed by atoms with van der Waals surface area (Å²) >= 11 is 0. The number of carbonyl (C=O) groups is 1. The van der Waals surface area contributed by atoms with Crippen LogP contribution >= 0.6 is 0 Å². The van der Waals surface area contributed by atoms with Crippen LogP contribution in [-0.2, 0) is 10.0 Å². The highest BCUT2D eigenvalue weighted by atomic mass is 32.2. The van der Waals surface area contributed by atoms with Gasteiger partial charge in [-0.15, -0.1) is 0 Å². The summed E-state index contributed by atoms with van der Waals surface area (Å²) in [5.41, 5.74) is 0.430. The molecule has 3 N–H and O–H groups in total. The first-order chi connectivity index (χ1) is 12.1. The number of rotatable bonds is 10. The number of benzene rings is 1. The molecule has 0 aliphatic rings. The second kappa shape index (κ2) is 10.2. The second-order valence-corrected chi connectivity index (χ2v) is 7.52. The first kappa shape index (κ1) is 22.0. The third-order valence-corrected chi connectivity index (χ3v) is 4.44. The van der Waals surface area contributed by atoms with Crippen LogP contribution in [0.3, 0.4) is 0 Å². The predicted octanol–water partition coefficient (Wildman–Crippen LogP) is 1.61. The van der Waals surface area contributed by atoms with Gasteiger partial charge in [-0.3, -0.25) is 9.62 Å². The lowest BCUT2D eigenvalue weighted by atomic mass is 10.3. The first-order valence-corrected chi connectivity index (χ1v) is 9.55. The Bertz CT molecular complexity index is 654.